The van der Waals surface area contributed by atoms with Crippen LogP contribution < -0.4 is 5.73 Å². The van der Waals surface area contributed by atoms with Crippen molar-refractivity contribution < 1.29 is 4.79 Å². The number of hydrogen-bond donors (Lipinski definition) is 1. The number of carbonyl (C=O) groups excluding carboxylic acids is 1. The predicted molar refractivity (Wildman–Crippen MR) is 42.6 cm³/mol. The number of nitrogens with zero attached hydrogens (tertiary/aromatic N) is 2. The Balaban J connectivity index is 2.44. The maximum absolute atomic E-state index is 11.1. The first-order valence-electron chi connectivity index (χ1n) is 3.97. The summed E-state index contributed by atoms with van der Waals surface area (Å²) in [5, 5.41) is 3.67. The van der Waals surface area contributed by atoms with Crippen molar-refractivity contribution in [2.24, 2.45) is 5.73 Å². The lowest BCUT2D eigenvalue weighted by Gasteiger charge is -2.35. The molecule has 0 aromatic carbocycles. The van der Waals surface area contributed by atoms with E-state index < -0.39 is 0 Å². The molecule has 0 aromatic rings. The molecule has 1 amide bonds. The molecular formula is C7H15N3O. The summed E-state index contributed by atoms with van der Waals surface area (Å²) in [6.45, 7) is 2.35. The van der Waals surface area contributed by atoms with E-state index in [-0.39, 0.29) is 5.91 Å². The summed E-state index contributed by atoms with van der Waals surface area (Å²) in [6.07, 6.45) is 1.64. The van der Waals surface area contributed by atoms with Gasteiger partial charge in [0.05, 0.1) is 0 Å². The highest BCUT2D eigenvalue weighted by molar-refractivity contribution is 5.75. The molecule has 1 aliphatic rings. The summed E-state index contributed by atoms with van der Waals surface area (Å²) in [5.74, 6) is 0.199. The van der Waals surface area contributed by atoms with Crippen LogP contribution in [-0.2, 0) is 4.79 Å². The minimum absolute atomic E-state index is 0.199. The van der Waals surface area contributed by atoms with Gasteiger partial charge in [0.2, 0.25) is 5.91 Å². The highest BCUT2D eigenvalue weighted by Crippen LogP contribution is 2.08. The predicted octanol–water partition coefficient (Wildman–Crippen LogP) is -0.586. The lowest BCUT2D eigenvalue weighted by Crippen LogP contribution is -2.49. The van der Waals surface area contributed by atoms with Gasteiger partial charge in [-0.3, -0.25) is 9.80 Å². The van der Waals surface area contributed by atoms with Crippen LogP contribution in [0.4, 0.5) is 0 Å². The summed E-state index contributed by atoms with van der Waals surface area (Å²) >= 11 is 0. The highest BCUT2D eigenvalue weighted by Gasteiger charge is 2.20. The van der Waals surface area contributed by atoms with Gasteiger partial charge in [-0.2, -0.15) is 0 Å². The van der Waals surface area contributed by atoms with Gasteiger partial charge in [0, 0.05) is 33.1 Å². The number of hydrogen-bond acceptors (Lipinski definition) is 3. The van der Waals surface area contributed by atoms with Gasteiger partial charge in [-0.25, -0.2) is 5.01 Å². The third kappa shape index (κ3) is 1.91. The third-order valence-corrected chi connectivity index (χ3v) is 1.98. The molecule has 0 aliphatic carbocycles. The number of rotatable bonds is 2. The van der Waals surface area contributed by atoms with Crippen molar-refractivity contribution in [2.75, 3.05) is 26.7 Å². The summed E-state index contributed by atoms with van der Waals surface area (Å²) < 4.78 is 0. The van der Waals surface area contributed by atoms with Crippen LogP contribution in [0.2, 0.25) is 0 Å². The van der Waals surface area contributed by atoms with Crippen molar-refractivity contribution in [3.05, 3.63) is 0 Å². The number of carbonyl (C=O) groups is 1. The van der Waals surface area contributed by atoms with E-state index in [0.717, 1.165) is 19.5 Å². The van der Waals surface area contributed by atoms with Crippen LogP contribution in [-0.4, -0.2) is 42.6 Å². The Labute approximate surface area is 66.9 Å². The van der Waals surface area contributed by atoms with Crippen LogP contribution in [0.25, 0.3) is 0 Å². The molecule has 0 saturated carbocycles. The van der Waals surface area contributed by atoms with Gasteiger partial charge in [0.25, 0.3) is 0 Å². The molecular weight excluding hydrogens is 142 g/mol. The van der Waals surface area contributed by atoms with Gasteiger partial charge < -0.3 is 5.73 Å². The van der Waals surface area contributed by atoms with Crippen molar-refractivity contribution >= 4 is 5.91 Å². The Hall–Kier alpha value is -0.610. The molecule has 0 unspecified atom stereocenters. The second-order valence-corrected chi connectivity index (χ2v) is 2.76. The maximum Gasteiger partial charge on any atom is 0.236 e. The van der Waals surface area contributed by atoms with Crippen molar-refractivity contribution in [1.29, 1.82) is 0 Å². The minimum Gasteiger partial charge on any atom is -0.329 e. The Bertz CT molecular complexity index is 147. The fourth-order valence-corrected chi connectivity index (χ4v) is 1.29. The van der Waals surface area contributed by atoms with Crippen molar-refractivity contribution in [3.8, 4) is 0 Å². The van der Waals surface area contributed by atoms with Crippen LogP contribution in [0, 0.1) is 0 Å². The molecule has 0 bridgehead atoms. The molecule has 1 fully saturated rings. The zero-order valence-corrected chi connectivity index (χ0v) is 6.92. The SMILES string of the molecule is CN1C(=O)CCCN1CCN. The lowest BCUT2D eigenvalue weighted by atomic mass is 10.2. The maximum atomic E-state index is 11.1. The smallest absolute Gasteiger partial charge is 0.236 e. The first-order valence-corrected chi connectivity index (χ1v) is 3.97. The molecule has 1 heterocycles. The lowest BCUT2D eigenvalue weighted by molar-refractivity contribution is -0.151. The van der Waals surface area contributed by atoms with E-state index in [1.807, 2.05) is 5.01 Å². The summed E-state index contributed by atoms with van der Waals surface area (Å²) in [5.41, 5.74) is 5.39. The normalized spacial score (nSPS) is 20.9. The molecule has 4 heteroatoms. The Morgan fingerprint density at radius 2 is 2.36 bits per heavy atom. The van der Waals surface area contributed by atoms with E-state index in [4.69, 9.17) is 5.73 Å². The topological polar surface area (TPSA) is 49.6 Å². The summed E-state index contributed by atoms with van der Waals surface area (Å²) in [6, 6.07) is 0. The van der Waals surface area contributed by atoms with E-state index in [2.05, 4.69) is 0 Å². The molecule has 1 rings (SSSR count). The van der Waals surface area contributed by atoms with Gasteiger partial charge >= 0.3 is 0 Å². The Kier molecular flexibility index (Phi) is 2.84. The van der Waals surface area contributed by atoms with E-state index in [1.165, 1.54) is 0 Å². The standard InChI is InChI=1S/C7H15N3O/c1-9-7(11)3-2-5-10(9)6-4-8/h2-6,8H2,1H3. The summed E-state index contributed by atoms with van der Waals surface area (Å²) in [7, 11) is 1.80. The largest absolute Gasteiger partial charge is 0.329 e. The van der Waals surface area contributed by atoms with E-state index >= 15 is 0 Å². The van der Waals surface area contributed by atoms with Crippen molar-refractivity contribution in [3.63, 3.8) is 0 Å². The monoisotopic (exact) mass is 157 g/mol. The Morgan fingerprint density at radius 1 is 1.64 bits per heavy atom. The molecule has 0 atom stereocenters. The van der Waals surface area contributed by atoms with E-state index in [1.54, 1.807) is 12.1 Å². The molecule has 64 valence electrons. The average Bonchev–Trinajstić information content (AvgIpc) is 1.99. The highest BCUT2D eigenvalue weighted by atomic mass is 16.2. The summed E-state index contributed by atoms with van der Waals surface area (Å²) in [4.78, 5) is 11.1. The third-order valence-electron chi connectivity index (χ3n) is 1.98. The zero-order chi connectivity index (χ0) is 8.27. The molecule has 1 saturated heterocycles. The molecule has 1 aliphatic heterocycles. The van der Waals surface area contributed by atoms with Gasteiger partial charge in [0.15, 0.2) is 0 Å². The van der Waals surface area contributed by atoms with E-state index in [0.29, 0.717) is 13.0 Å². The van der Waals surface area contributed by atoms with E-state index in [9.17, 15) is 4.79 Å². The quantitative estimate of drug-likeness (QED) is 0.583. The molecule has 0 spiro atoms. The Morgan fingerprint density at radius 3 is 3.00 bits per heavy atom. The number of hydrazine groups is 1. The van der Waals surface area contributed by atoms with Gasteiger partial charge in [-0.05, 0) is 6.42 Å². The van der Waals surface area contributed by atoms with Crippen LogP contribution in [0.15, 0.2) is 0 Å². The van der Waals surface area contributed by atoms with Crippen molar-refractivity contribution in [2.45, 2.75) is 12.8 Å². The van der Waals surface area contributed by atoms with Gasteiger partial charge in [-0.15, -0.1) is 0 Å². The molecule has 0 radical (unpaired) electrons. The second kappa shape index (κ2) is 3.69. The second-order valence-electron chi connectivity index (χ2n) is 2.76. The van der Waals surface area contributed by atoms with Gasteiger partial charge in [-0.1, -0.05) is 0 Å². The average molecular weight is 157 g/mol. The first kappa shape index (κ1) is 8.49. The number of nitrogens with two attached hydrogens (primary N) is 1. The van der Waals surface area contributed by atoms with Crippen molar-refractivity contribution in [1.82, 2.24) is 10.0 Å². The first-order chi connectivity index (χ1) is 5.25. The van der Waals surface area contributed by atoms with Gasteiger partial charge in [0.1, 0.15) is 0 Å². The fraction of sp³-hybridized carbons (Fsp3) is 0.857. The molecule has 11 heavy (non-hydrogen) atoms. The zero-order valence-electron chi connectivity index (χ0n) is 6.92. The van der Waals surface area contributed by atoms with Crippen LogP contribution in [0.3, 0.4) is 0 Å². The molecule has 4 nitrogen and oxygen atoms in total. The van der Waals surface area contributed by atoms with Crippen LogP contribution in [0.1, 0.15) is 12.8 Å². The van der Waals surface area contributed by atoms with Crippen LogP contribution >= 0.6 is 0 Å². The van der Waals surface area contributed by atoms with Crippen LogP contribution in [0.5, 0.6) is 0 Å². The molecule has 0 aromatic heterocycles. The minimum atomic E-state index is 0.199. The fourth-order valence-electron chi connectivity index (χ4n) is 1.29. The number of amides is 1. The molecule has 2 N–H and O–H groups in total.